The summed E-state index contributed by atoms with van der Waals surface area (Å²) in [6.45, 7) is 5.80. The maximum Gasteiger partial charge on any atom is 0.500 e. The molecule has 31 heavy (non-hydrogen) atoms. The molecule has 184 valence electrons. The Morgan fingerprint density at radius 3 is 1.26 bits per heavy atom. The molecule has 6 heteroatoms. The summed E-state index contributed by atoms with van der Waals surface area (Å²) >= 11 is 0. The Morgan fingerprint density at radius 2 is 0.935 bits per heavy atom. The number of unbranched alkanes of at least 4 members (excludes halogenated alkanes) is 15. The summed E-state index contributed by atoms with van der Waals surface area (Å²) in [4.78, 5) is 11.2. The van der Waals surface area contributed by atoms with E-state index >= 15 is 0 Å². The first-order valence-electron chi connectivity index (χ1n) is 12.5. The van der Waals surface area contributed by atoms with Crippen molar-refractivity contribution in [2.24, 2.45) is 0 Å². The largest absolute Gasteiger partial charge is 0.500 e. The van der Waals surface area contributed by atoms with E-state index in [1.165, 1.54) is 83.5 Å². The molecule has 0 atom stereocenters. The lowest BCUT2D eigenvalue weighted by atomic mass is 10.0. The molecule has 0 unspecified atom stereocenters. The Bertz CT molecular complexity index is 429. The molecule has 0 spiro atoms. The molecule has 0 heterocycles. The molecule has 0 aliphatic heterocycles. The molecule has 0 aliphatic rings. The van der Waals surface area contributed by atoms with Crippen molar-refractivity contribution in [3.63, 3.8) is 0 Å². The van der Waals surface area contributed by atoms with Crippen LogP contribution in [-0.2, 0) is 22.8 Å². The van der Waals surface area contributed by atoms with E-state index < -0.39 is 8.80 Å². The molecule has 0 amide bonds. The fourth-order valence-electron chi connectivity index (χ4n) is 3.76. The third-order valence-corrected chi connectivity index (χ3v) is 8.72. The average molecular weight is 459 g/mol. The molecular weight excluding hydrogens is 408 g/mol. The van der Waals surface area contributed by atoms with E-state index in [1.807, 2.05) is 0 Å². The van der Waals surface area contributed by atoms with Crippen LogP contribution in [0.1, 0.15) is 110 Å². The number of ether oxygens (including phenoxy) is 1. The van der Waals surface area contributed by atoms with Crippen LogP contribution in [0.3, 0.4) is 0 Å². The van der Waals surface area contributed by atoms with Crippen molar-refractivity contribution >= 4 is 14.8 Å². The van der Waals surface area contributed by atoms with Gasteiger partial charge in [0, 0.05) is 32.9 Å². The van der Waals surface area contributed by atoms with Gasteiger partial charge in [-0.1, -0.05) is 96.5 Å². The minimum absolute atomic E-state index is 0.264. The highest BCUT2D eigenvalue weighted by atomic mass is 28.4. The van der Waals surface area contributed by atoms with E-state index in [0.717, 1.165) is 25.3 Å². The molecule has 5 nitrogen and oxygen atoms in total. The van der Waals surface area contributed by atoms with Crippen LogP contribution in [0, 0.1) is 0 Å². The zero-order chi connectivity index (χ0) is 23.2. The van der Waals surface area contributed by atoms with Crippen molar-refractivity contribution in [3.05, 3.63) is 12.2 Å². The van der Waals surface area contributed by atoms with Gasteiger partial charge in [-0.3, -0.25) is 0 Å². The second-order valence-corrected chi connectivity index (χ2v) is 11.7. The summed E-state index contributed by atoms with van der Waals surface area (Å²) in [7, 11) is 2.71. The molecule has 0 aliphatic carbocycles. The molecule has 0 rings (SSSR count). The van der Waals surface area contributed by atoms with Gasteiger partial charge in [-0.15, -0.1) is 0 Å². The predicted molar refractivity (Wildman–Crippen MR) is 131 cm³/mol. The van der Waals surface area contributed by atoms with Crippen LogP contribution < -0.4 is 0 Å². The third kappa shape index (κ3) is 17.5. The number of hydrogen-bond donors (Lipinski definition) is 0. The topological polar surface area (TPSA) is 54.0 Å². The predicted octanol–water partition coefficient (Wildman–Crippen LogP) is 7.23. The van der Waals surface area contributed by atoms with Crippen molar-refractivity contribution in [2.45, 2.75) is 116 Å². The van der Waals surface area contributed by atoms with E-state index in [1.54, 1.807) is 28.3 Å². The molecule has 0 saturated carbocycles. The van der Waals surface area contributed by atoms with Crippen molar-refractivity contribution in [1.29, 1.82) is 0 Å². The Labute approximate surface area is 193 Å². The van der Waals surface area contributed by atoms with E-state index in [9.17, 15) is 4.79 Å². The lowest BCUT2D eigenvalue weighted by Crippen LogP contribution is -2.42. The first kappa shape index (κ1) is 30.3. The van der Waals surface area contributed by atoms with Crippen LogP contribution >= 0.6 is 0 Å². The van der Waals surface area contributed by atoms with Gasteiger partial charge in [0.25, 0.3) is 0 Å². The van der Waals surface area contributed by atoms with Gasteiger partial charge in [-0.05, 0) is 19.8 Å². The van der Waals surface area contributed by atoms with Crippen LogP contribution in [0.2, 0.25) is 6.04 Å². The van der Waals surface area contributed by atoms with Crippen LogP contribution in [0.4, 0.5) is 0 Å². The second kappa shape index (κ2) is 21.2. The standard InChI is InChI=1S/C25H50O5Si/c1-24(2)25(26)30-22-20-18-16-14-12-10-8-6-7-9-11-13-15-17-19-21-23-31(27-3,28-4)29-5/h1,6-23H2,2-5H3. The molecule has 0 aromatic rings. The summed E-state index contributed by atoms with van der Waals surface area (Å²) in [5.41, 5.74) is 0.483. The van der Waals surface area contributed by atoms with Gasteiger partial charge in [0.15, 0.2) is 0 Å². The lowest BCUT2D eigenvalue weighted by Gasteiger charge is -2.24. The first-order chi connectivity index (χ1) is 15.0. The van der Waals surface area contributed by atoms with Crippen LogP contribution in [0.25, 0.3) is 0 Å². The molecule has 0 bridgehead atoms. The number of carbonyl (C=O) groups excluding carboxylic acids is 1. The molecule has 0 N–H and O–H groups in total. The van der Waals surface area contributed by atoms with Crippen molar-refractivity contribution in [1.82, 2.24) is 0 Å². The molecule has 0 aromatic heterocycles. The van der Waals surface area contributed by atoms with Crippen molar-refractivity contribution < 1.29 is 22.8 Å². The third-order valence-electron chi connectivity index (χ3n) is 5.89. The lowest BCUT2D eigenvalue weighted by molar-refractivity contribution is -0.139. The van der Waals surface area contributed by atoms with Gasteiger partial charge in [0.2, 0.25) is 0 Å². The number of hydrogen-bond acceptors (Lipinski definition) is 5. The van der Waals surface area contributed by atoms with Crippen LogP contribution in [-0.4, -0.2) is 42.7 Å². The smallest absolute Gasteiger partial charge is 0.462 e. The summed E-state index contributed by atoms with van der Waals surface area (Å²) < 4.78 is 21.5. The van der Waals surface area contributed by atoms with Gasteiger partial charge >= 0.3 is 14.8 Å². The van der Waals surface area contributed by atoms with Crippen LogP contribution in [0.5, 0.6) is 0 Å². The summed E-state index contributed by atoms with van der Waals surface area (Å²) in [6.07, 6.45) is 20.7. The normalized spacial score (nSPS) is 11.6. The Kier molecular flexibility index (Phi) is 20.7. The zero-order valence-corrected chi connectivity index (χ0v) is 22.0. The number of esters is 1. The molecule has 0 fully saturated rings. The van der Waals surface area contributed by atoms with Crippen LogP contribution in [0.15, 0.2) is 12.2 Å². The Morgan fingerprint density at radius 1 is 0.613 bits per heavy atom. The number of carbonyl (C=O) groups is 1. The first-order valence-corrected chi connectivity index (χ1v) is 14.4. The maximum absolute atomic E-state index is 11.2. The monoisotopic (exact) mass is 458 g/mol. The minimum atomic E-state index is -2.35. The van der Waals surface area contributed by atoms with Gasteiger partial charge in [0.05, 0.1) is 6.61 Å². The highest BCUT2D eigenvalue weighted by molar-refractivity contribution is 6.60. The highest BCUT2D eigenvalue weighted by Crippen LogP contribution is 2.19. The van der Waals surface area contributed by atoms with E-state index in [4.69, 9.17) is 18.0 Å². The number of rotatable bonds is 23. The average Bonchev–Trinajstić information content (AvgIpc) is 2.78. The fraction of sp³-hybridized carbons (Fsp3) is 0.880. The minimum Gasteiger partial charge on any atom is -0.462 e. The summed E-state index contributed by atoms with van der Waals surface area (Å²) in [5.74, 6) is -0.264. The molecule has 0 aromatic carbocycles. The van der Waals surface area contributed by atoms with Gasteiger partial charge in [0.1, 0.15) is 0 Å². The SMILES string of the molecule is C=C(C)C(=O)OCCCCCCCCCCCCCCCCCC[Si](OC)(OC)OC. The Hall–Kier alpha value is -0.693. The molecule has 0 radical (unpaired) electrons. The summed E-state index contributed by atoms with van der Waals surface area (Å²) in [5, 5.41) is 0. The zero-order valence-electron chi connectivity index (χ0n) is 21.0. The highest BCUT2D eigenvalue weighted by Gasteiger charge is 2.36. The van der Waals surface area contributed by atoms with Crippen molar-refractivity contribution in [2.75, 3.05) is 27.9 Å². The van der Waals surface area contributed by atoms with Gasteiger partial charge < -0.3 is 18.0 Å². The second-order valence-electron chi connectivity index (χ2n) is 8.62. The van der Waals surface area contributed by atoms with E-state index in [0.29, 0.717) is 12.2 Å². The van der Waals surface area contributed by atoms with Gasteiger partial charge in [-0.2, -0.15) is 0 Å². The maximum atomic E-state index is 11.2. The molecule has 0 saturated heterocycles. The van der Waals surface area contributed by atoms with Crippen molar-refractivity contribution in [3.8, 4) is 0 Å². The van der Waals surface area contributed by atoms with E-state index in [2.05, 4.69) is 6.58 Å². The summed E-state index contributed by atoms with van der Waals surface area (Å²) in [6, 6.07) is 0.918. The fourth-order valence-corrected chi connectivity index (χ4v) is 5.56. The van der Waals surface area contributed by atoms with Gasteiger partial charge in [-0.25, -0.2) is 4.79 Å². The van der Waals surface area contributed by atoms with E-state index in [-0.39, 0.29) is 5.97 Å². The molecular formula is C25H50O5Si. The Balaban J connectivity index is 3.24. The quantitative estimate of drug-likeness (QED) is 0.0700.